The van der Waals surface area contributed by atoms with Crippen molar-refractivity contribution in [3.05, 3.63) is 11.1 Å². The molecular weight excluding hydrogens is 212 g/mol. The predicted molar refractivity (Wildman–Crippen MR) is 57.8 cm³/mol. The van der Waals surface area contributed by atoms with E-state index in [2.05, 4.69) is 5.32 Å². The fourth-order valence-electron chi connectivity index (χ4n) is 0.810. The molecule has 0 aliphatic heterocycles. The van der Waals surface area contributed by atoms with Crippen molar-refractivity contribution in [2.45, 2.75) is 27.2 Å². The molecule has 0 spiro atoms. The fraction of sp³-hybridized carbons (Fsp3) is 0.500. The van der Waals surface area contributed by atoms with Crippen LogP contribution in [0.5, 0.6) is 0 Å². The van der Waals surface area contributed by atoms with Crippen LogP contribution in [0.4, 0.5) is 4.79 Å². The summed E-state index contributed by atoms with van der Waals surface area (Å²) >= 11 is 0. The SMILES string of the molecule is CCCNC(=O)NC(=O)C(C)=C(C)C(=O)O. The molecule has 6 heteroatoms. The highest BCUT2D eigenvalue weighted by atomic mass is 16.4. The number of urea groups is 1. The minimum atomic E-state index is -1.18. The largest absolute Gasteiger partial charge is 0.478 e. The molecule has 0 aromatic heterocycles. The van der Waals surface area contributed by atoms with Gasteiger partial charge in [-0.25, -0.2) is 9.59 Å². The van der Waals surface area contributed by atoms with Crippen molar-refractivity contribution in [2.75, 3.05) is 6.54 Å². The number of hydrogen-bond donors (Lipinski definition) is 3. The lowest BCUT2D eigenvalue weighted by Gasteiger charge is -2.06. The van der Waals surface area contributed by atoms with E-state index in [0.29, 0.717) is 6.54 Å². The first-order valence-electron chi connectivity index (χ1n) is 4.90. The van der Waals surface area contributed by atoms with Gasteiger partial charge < -0.3 is 10.4 Å². The van der Waals surface area contributed by atoms with Crippen molar-refractivity contribution >= 4 is 17.9 Å². The quantitative estimate of drug-likeness (QED) is 0.615. The van der Waals surface area contributed by atoms with Gasteiger partial charge in [0.2, 0.25) is 0 Å². The van der Waals surface area contributed by atoms with Crippen LogP contribution in [0.25, 0.3) is 0 Å². The zero-order valence-corrected chi connectivity index (χ0v) is 9.59. The molecule has 0 aliphatic rings. The molecule has 0 bridgehead atoms. The summed E-state index contributed by atoms with van der Waals surface area (Å²) in [6, 6.07) is -0.621. The number of aliphatic carboxylic acids is 1. The molecule has 90 valence electrons. The number of carboxylic acid groups (broad SMARTS) is 1. The monoisotopic (exact) mass is 228 g/mol. The van der Waals surface area contributed by atoms with Crippen LogP contribution in [0.15, 0.2) is 11.1 Å². The molecule has 0 aliphatic carbocycles. The third kappa shape index (κ3) is 4.59. The smallest absolute Gasteiger partial charge is 0.331 e. The summed E-state index contributed by atoms with van der Waals surface area (Å²) in [5, 5.41) is 13.1. The Morgan fingerprint density at radius 1 is 1.12 bits per heavy atom. The number of carbonyl (C=O) groups excluding carboxylic acids is 2. The van der Waals surface area contributed by atoms with E-state index in [0.717, 1.165) is 6.42 Å². The van der Waals surface area contributed by atoms with Gasteiger partial charge in [-0.15, -0.1) is 0 Å². The van der Waals surface area contributed by atoms with Crippen LogP contribution in [-0.2, 0) is 9.59 Å². The number of carboxylic acids is 1. The first-order valence-corrected chi connectivity index (χ1v) is 4.90. The van der Waals surface area contributed by atoms with Gasteiger partial charge in [-0.3, -0.25) is 10.1 Å². The molecule has 0 rings (SSSR count). The molecule has 0 aromatic rings. The maximum absolute atomic E-state index is 11.4. The van der Waals surface area contributed by atoms with E-state index >= 15 is 0 Å². The van der Waals surface area contributed by atoms with Crippen molar-refractivity contribution in [2.24, 2.45) is 0 Å². The molecule has 0 saturated carbocycles. The van der Waals surface area contributed by atoms with Gasteiger partial charge in [0, 0.05) is 17.7 Å². The van der Waals surface area contributed by atoms with Crippen molar-refractivity contribution < 1.29 is 19.5 Å². The summed E-state index contributed by atoms with van der Waals surface area (Å²) in [4.78, 5) is 33.0. The van der Waals surface area contributed by atoms with Crippen molar-refractivity contribution in [1.29, 1.82) is 0 Å². The molecule has 3 N–H and O–H groups in total. The Hall–Kier alpha value is -1.85. The predicted octanol–water partition coefficient (Wildman–Crippen LogP) is 0.643. The Labute approximate surface area is 93.7 Å². The normalized spacial score (nSPS) is 11.4. The molecule has 0 unspecified atom stereocenters. The second-order valence-corrected chi connectivity index (χ2v) is 3.27. The summed E-state index contributed by atoms with van der Waals surface area (Å²) in [6.45, 7) is 4.99. The Balaban J connectivity index is 4.42. The van der Waals surface area contributed by atoms with E-state index < -0.39 is 17.9 Å². The summed E-state index contributed by atoms with van der Waals surface area (Å²) in [7, 11) is 0. The van der Waals surface area contributed by atoms with Gasteiger partial charge in [0.05, 0.1) is 0 Å². The second-order valence-electron chi connectivity index (χ2n) is 3.27. The van der Waals surface area contributed by atoms with Gasteiger partial charge in [0.1, 0.15) is 0 Å². The minimum Gasteiger partial charge on any atom is -0.478 e. The van der Waals surface area contributed by atoms with Crippen LogP contribution in [-0.4, -0.2) is 29.6 Å². The van der Waals surface area contributed by atoms with Gasteiger partial charge in [-0.2, -0.15) is 0 Å². The average molecular weight is 228 g/mol. The van der Waals surface area contributed by atoms with E-state index in [1.807, 2.05) is 12.2 Å². The first-order chi connectivity index (χ1) is 7.40. The highest BCUT2D eigenvalue weighted by Crippen LogP contribution is 2.02. The van der Waals surface area contributed by atoms with Crippen molar-refractivity contribution in [3.8, 4) is 0 Å². The van der Waals surface area contributed by atoms with Gasteiger partial charge >= 0.3 is 12.0 Å². The summed E-state index contributed by atoms with van der Waals surface area (Å²) in [5.41, 5.74) is -0.0695. The highest BCUT2D eigenvalue weighted by Gasteiger charge is 2.14. The zero-order valence-electron chi connectivity index (χ0n) is 9.59. The number of hydrogen-bond acceptors (Lipinski definition) is 3. The molecule has 0 atom stereocenters. The van der Waals surface area contributed by atoms with Crippen molar-refractivity contribution in [3.63, 3.8) is 0 Å². The number of nitrogens with one attached hydrogen (secondary N) is 2. The highest BCUT2D eigenvalue weighted by molar-refractivity contribution is 6.07. The van der Waals surface area contributed by atoms with Crippen LogP contribution >= 0.6 is 0 Å². The molecule has 0 fully saturated rings. The number of imide groups is 1. The van der Waals surface area contributed by atoms with Gasteiger partial charge in [-0.1, -0.05) is 6.92 Å². The van der Waals surface area contributed by atoms with E-state index in [1.54, 1.807) is 0 Å². The second kappa shape index (κ2) is 6.60. The lowest BCUT2D eigenvalue weighted by molar-refractivity contribution is -0.133. The molecule has 6 nitrogen and oxygen atoms in total. The summed E-state index contributed by atoms with van der Waals surface area (Å²) in [6.07, 6.45) is 0.755. The lowest BCUT2D eigenvalue weighted by atomic mass is 10.1. The first kappa shape index (κ1) is 14.2. The fourth-order valence-corrected chi connectivity index (χ4v) is 0.810. The third-order valence-corrected chi connectivity index (χ3v) is 1.99. The maximum Gasteiger partial charge on any atom is 0.331 e. The number of carbonyl (C=O) groups is 3. The standard InChI is InChI=1S/C10H16N2O4/c1-4-5-11-10(16)12-8(13)6(2)7(3)9(14)15/h4-5H2,1-3H3,(H,14,15)(H2,11,12,13,16). The van der Waals surface area contributed by atoms with Crippen LogP contribution in [0, 0.1) is 0 Å². The Kier molecular flexibility index (Phi) is 5.84. The van der Waals surface area contributed by atoms with Crippen LogP contribution < -0.4 is 10.6 Å². The van der Waals surface area contributed by atoms with Crippen LogP contribution in [0.2, 0.25) is 0 Å². The van der Waals surface area contributed by atoms with E-state index in [4.69, 9.17) is 5.11 Å². The summed E-state index contributed by atoms with van der Waals surface area (Å²) in [5.74, 6) is -1.88. The van der Waals surface area contributed by atoms with Gasteiger partial charge in [0.15, 0.2) is 0 Å². The van der Waals surface area contributed by atoms with Gasteiger partial charge in [-0.05, 0) is 20.3 Å². The molecule has 3 amide bonds. The van der Waals surface area contributed by atoms with E-state index in [-0.39, 0.29) is 11.1 Å². The Morgan fingerprint density at radius 2 is 1.69 bits per heavy atom. The molecule has 0 aromatic carbocycles. The van der Waals surface area contributed by atoms with E-state index in [9.17, 15) is 14.4 Å². The zero-order chi connectivity index (χ0) is 12.7. The maximum atomic E-state index is 11.4. The molecule has 0 heterocycles. The summed E-state index contributed by atoms with van der Waals surface area (Å²) < 4.78 is 0. The molecule has 0 radical (unpaired) electrons. The third-order valence-electron chi connectivity index (χ3n) is 1.99. The number of amides is 3. The lowest BCUT2D eigenvalue weighted by Crippen LogP contribution is -2.40. The topological polar surface area (TPSA) is 95.5 Å². The Bertz CT molecular complexity index is 334. The minimum absolute atomic E-state index is 0.0131. The van der Waals surface area contributed by atoms with Crippen LogP contribution in [0.3, 0.4) is 0 Å². The Morgan fingerprint density at radius 3 is 2.12 bits per heavy atom. The molecule has 0 saturated heterocycles. The average Bonchev–Trinajstić information content (AvgIpc) is 2.23. The van der Waals surface area contributed by atoms with E-state index in [1.165, 1.54) is 13.8 Å². The van der Waals surface area contributed by atoms with Crippen molar-refractivity contribution in [1.82, 2.24) is 10.6 Å². The molecule has 16 heavy (non-hydrogen) atoms. The number of rotatable bonds is 4. The van der Waals surface area contributed by atoms with Gasteiger partial charge in [0.25, 0.3) is 5.91 Å². The van der Waals surface area contributed by atoms with Crippen LogP contribution in [0.1, 0.15) is 27.2 Å². The molecular formula is C10H16N2O4.